The number of nitrogens with one attached hydrogen (secondary N) is 1. The van der Waals surface area contributed by atoms with Crippen LogP contribution in [-0.2, 0) is 4.84 Å². The van der Waals surface area contributed by atoms with Gasteiger partial charge in [0.1, 0.15) is 0 Å². The molecule has 0 unspecified atom stereocenters. The fraction of sp³-hybridized carbons (Fsp3) is 1.00. The van der Waals surface area contributed by atoms with Crippen LogP contribution in [0.4, 0.5) is 0 Å². The van der Waals surface area contributed by atoms with Crippen molar-refractivity contribution in [1.82, 2.24) is 10.4 Å². The Bertz CT molecular complexity index is 155. The van der Waals surface area contributed by atoms with E-state index in [0.717, 1.165) is 18.6 Å². The van der Waals surface area contributed by atoms with E-state index in [9.17, 15) is 0 Å². The Labute approximate surface area is 66.7 Å². The molecule has 3 saturated heterocycles. The summed E-state index contributed by atoms with van der Waals surface area (Å²) in [6.07, 6.45) is 2.76. The lowest BCUT2D eigenvalue weighted by molar-refractivity contribution is 0.0643. The summed E-state index contributed by atoms with van der Waals surface area (Å²) >= 11 is 0. The molecule has 3 heterocycles. The van der Waals surface area contributed by atoms with Crippen molar-refractivity contribution in [1.29, 1.82) is 0 Å². The molecule has 0 aromatic heterocycles. The topological polar surface area (TPSA) is 24.5 Å². The second kappa shape index (κ2) is 2.19. The molecule has 0 spiro atoms. The van der Waals surface area contributed by atoms with Crippen LogP contribution in [0.3, 0.4) is 0 Å². The van der Waals surface area contributed by atoms with Crippen LogP contribution in [0.15, 0.2) is 0 Å². The first-order valence-corrected chi connectivity index (χ1v) is 4.56. The minimum absolute atomic E-state index is 0.650. The molecule has 3 aliphatic rings. The van der Waals surface area contributed by atoms with Gasteiger partial charge in [0, 0.05) is 18.5 Å². The molecule has 3 aliphatic heterocycles. The summed E-state index contributed by atoms with van der Waals surface area (Å²) in [6, 6.07) is 1.44. The molecule has 3 nitrogen and oxygen atoms in total. The Morgan fingerprint density at radius 1 is 1.45 bits per heavy atom. The Morgan fingerprint density at radius 3 is 3.45 bits per heavy atom. The molecule has 0 saturated carbocycles. The van der Waals surface area contributed by atoms with Gasteiger partial charge in [-0.1, -0.05) is 0 Å². The molecule has 0 aromatic rings. The third-order valence-electron chi connectivity index (χ3n) is 3.32. The third kappa shape index (κ3) is 0.789. The zero-order valence-electron chi connectivity index (χ0n) is 6.62. The quantitative estimate of drug-likeness (QED) is 0.531. The van der Waals surface area contributed by atoms with Gasteiger partial charge in [0.05, 0.1) is 12.6 Å². The monoisotopic (exact) mass is 154 g/mol. The average molecular weight is 154 g/mol. The van der Waals surface area contributed by atoms with E-state index in [2.05, 4.69) is 10.4 Å². The number of fused-ring (bicyclic) bond motifs is 3. The van der Waals surface area contributed by atoms with Crippen LogP contribution in [0.1, 0.15) is 12.8 Å². The van der Waals surface area contributed by atoms with Gasteiger partial charge < -0.3 is 4.84 Å². The van der Waals surface area contributed by atoms with Crippen molar-refractivity contribution in [3.63, 3.8) is 0 Å². The van der Waals surface area contributed by atoms with E-state index >= 15 is 0 Å². The van der Waals surface area contributed by atoms with E-state index < -0.39 is 0 Å². The zero-order chi connectivity index (χ0) is 7.26. The smallest absolute Gasteiger partial charge is 0.0739 e. The van der Waals surface area contributed by atoms with Crippen molar-refractivity contribution in [2.45, 2.75) is 24.9 Å². The van der Waals surface area contributed by atoms with E-state index in [-0.39, 0.29) is 0 Å². The molecule has 11 heavy (non-hydrogen) atoms. The van der Waals surface area contributed by atoms with E-state index in [1.807, 2.05) is 0 Å². The lowest BCUT2D eigenvalue weighted by atomic mass is 9.99. The van der Waals surface area contributed by atoms with Crippen LogP contribution < -0.4 is 5.48 Å². The SMILES string of the molecule is C1C[C@@H]2[C@H]3NOC[C@H]3CN2C1. The molecule has 3 fully saturated rings. The maximum atomic E-state index is 5.24. The molecule has 0 amide bonds. The first-order chi connectivity index (χ1) is 5.45. The lowest BCUT2D eigenvalue weighted by Crippen LogP contribution is -2.36. The van der Waals surface area contributed by atoms with Gasteiger partial charge in [0.25, 0.3) is 0 Å². The predicted octanol–water partition coefficient (Wildman–Crippen LogP) is -0.0160. The Morgan fingerprint density at radius 2 is 2.45 bits per heavy atom. The fourth-order valence-electron chi connectivity index (χ4n) is 2.80. The highest BCUT2D eigenvalue weighted by molar-refractivity contribution is 5.01. The molecule has 0 aromatic carbocycles. The third-order valence-corrected chi connectivity index (χ3v) is 3.32. The second-order valence-corrected chi connectivity index (χ2v) is 3.92. The Hall–Kier alpha value is -0.120. The predicted molar refractivity (Wildman–Crippen MR) is 41.0 cm³/mol. The summed E-state index contributed by atoms with van der Waals surface area (Å²) in [5, 5.41) is 0. The molecule has 1 N–H and O–H groups in total. The zero-order valence-corrected chi connectivity index (χ0v) is 6.62. The molecule has 62 valence electrons. The summed E-state index contributed by atoms with van der Waals surface area (Å²) < 4.78 is 0. The molecular weight excluding hydrogens is 140 g/mol. The molecule has 0 radical (unpaired) electrons. The van der Waals surface area contributed by atoms with E-state index in [1.165, 1.54) is 25.9 Å². The van der Waals surface area contributed by atoms with Gasteiger partial charge in [-0.2, -0.15) is 5.48 Å². The highest BCUT2D eigenvalue weighted by atomic mass is 16.7. The summed E-state index contributed by atoms with van der Waals surface area (Å²) in [7, 11) is 0. The maximum absolute atomic E-state index is 5.24. The Kier molecular flexibility index (Phi) is 1.27. The highest BCUT2D eigenvalue weighted by Crippen LogP contribution is 2.34. The van der Waals surface area contributed by atoms with Crippen LogP contribution >= 0.6 is 0 Å². The maximum Gasteiger partial charge on any atom is 0.0739 e. The van der Waals surface area contributed by atoms with Crippen molar-refractivity contribution in [2.75, 3.05) is 19.7 Å². The normalized spacial score (nSPS) is 49.6. The summed E-state index contributed by atoms with van der Waals surface area (Å²) in [5.41, 5.74) is 3.15. The van der Waals surface area contributed by atoms with Crippen molar-refractivity contribution >= 4 is 0 Å². The summed E-state index contributed by atoms with van der Waals surface area (Å²) in [5.74, 6) is 0.778. The number of hydroxylamine groups is 1. The van der Waals surface area contributed by atoms with Crippen LogP contribution in [-0.4, -0.2) is 36.7 Å². The van der Waals surface area contributed by atoms with Crippen LogP contribution in [0.2, 0.25) is 0 Å². The summed E-state index contributed by atoms with van der Waals surface area (Å²) in [4.78, 5) is 7.86. The van der Waals surface area contributed by atoms with Gasteiger partial charge in [-0.15, -0.1) is 0 Å². The lowest BCUT2D eigenvalue weighted by Gasteiger charge is -2.18. The van der Waals surface area contributed by atoms with Gasteiger partial charge in [-0.25, -0.2) is 0 Å². The number of rotatable bonds is 0. The van der Waals surface area contributed by atoms with Gasteiger partial charge in [0.2, 0.25) is 0 Å². The van der Waals surface area contributed by atoms with Gasteiger partial charge >= 0.3 is 0 Å². The van der Waals surface area contributed by atoms with Crippen molar-refractivity contribution < 1.29 is 4.84 Å². The van der Waals surface area contributed by atoms with Gasteiger partial charge in [-0.05, 0) is 19.4 Å². The Balaban J connectivity index is 1.84. The molecular formula is C8H14N2O. The number of hydrogen-bond donors (Lipinski definition) is 1. The van der Waals surface area contributed by atoms with E-state index in [4.69, 9.17) is 4.84 Å². The van der Waals surface area contributed by atoms with Crippen molar-refractivity contribution in [3.8, 4) is 0 Å². The number of nitrogens with zero attached hydrogens (tertiary/aromatic N) is 1. The van der Waals surface area contributed by atoms with Gasteiger partial charge in [-0.3, -0.25) is 4.90 Å². The average Bonchev–Trinajstić information content (AvgIpc) is 2.52. The molecule has 3 rings (SSSR count). The van der Waals surface area contributed by atoms with Gasteiger partial charge in [0.15, 0.2) is 0 Å². The van der Waals surface area contributed by atoms with Crippen molar-refractivity contribution in [3.05, 3.63) is 0 Å². The van der Waals surface area contributed by atoms with E-state index in [0.29, 0.717) is 6.04 Å². The fourth-order valence-corrected chi connectivity index (χ4v) is 2.80. The van der Waals surface area contributed by atoms with Crippen LogP contribution in [0.25, 0.3) is 0 Å². The van der Waals surface area contributed by atoms with E-state index in [1.54, 1.807) is 0 Å². The summed E-state index contributed by atoms with van der Waals surface area (Å²) in [6.45, 7) is 3.51. The first-order valence-electron chi connectivity index (χ1n) is 4.56. The largest absolute Gasteiger partial charge is 0.301 e. The molecule has 3 atom stereocenters. The van der Waals surface area contributed by atoms with Crippen molar-refractivity contribution in [2.24, 2.45) is 5.92 Å². The minimum Gasteiger partial charge on any atom is -0.301 e. The molecule has 3 heteroatoms. The molecule has 0 aliphatic carbocycles. The second-order valence-electron chi connectivity index (χ2n) is 3.92. The number of hydrogen-bond acceptors (Lipinski definition) is 3. The van der Waals surface area contributed by atoms with Crippen LogP contribution in [0, 0.1) is 5.92 Å². The highest BCUT2D eigenvalue weighted by Gasteiger charge is 2.46. The minimum atomic E-state index is 0.650. The first kappa shape index (κ1) is 6.40. The standard InChI is InChI=1S/C8H14N2O/c1-2-7-8-6(5-11-9-8)4-10(7)3-1/h6-9H,1-5H2/t6-,7-,8+/m1/s1. The van der Waals surface area contributed by atoms with Crippen LogP contribution in [0.5, 0.6) is 0 Å². The molecule has 0 bridgehead atoms.